The van der Waals surface area contributed by atoms with Gasteiger partial charge in [0.1, 0.15) is 5.82 Å². The summed E-state index contributed by atoms with van der Waals surface area (Å²) in [6.45, 7) is 6.21. The lowest BCUT2D eigenvalue weighted by Gasteiger charge is -2.21. The molecule has 0 spiro atoms. The molecule has 7 heteroatoms. The minimum absolute atomic E-state index is 0.293. The normalized spacial score (nSPS) is 10.4. The molecule has 0 bridgehead atoms. The van der Waals surface area contributed by atoms with Crippen LogP contribution in [-0.2, 0) is 0 Å². The van der Waals surface area contributed by atoms with Crippen LogP contribution in [0, 0.1) is 5.82 Å². The Kier molecular flexibility index (Phi) is 5.58. The second kappa shape index (κ2) is 8.24. The average Bonchev–Trinajstić information content (AvgIpc) is 2.66. The fourth-order valence-corrected chi connectivity index (χ4v) is 2.57. The number of halogens is 1. The van der Waals surface area contributed by atoms with E-state index in [0.717, 1.165) is 18.8 Å². The Labute approximate surface area is 152 Å². The molecule has 0 unspecified atom stereocenters. The molecule has 3 aromatic rings. The molecule has 2 aromatic carbocycles. The molecule has 6 nitrogen and oxygen atoms in total. The molecule has 2 N–H and O–H groups in total. The van der Waals surface area contributed by atoms with Crippen LogP contribution in [0.25, 0.3) is 0 Å². The Morgan fingerprint density at radius 2 is 1.50 bits per heavy atom. The molecule has 1 aromatic heterocycles. The summed E-state index contributed by atoms with van der Waals surface area (Å²) in [5, 5.41) is 14.1. The van der Waals surface area contributed by atoms with Crippen LogP contribution in [0.5, 0.6) is 0 Å². The zero-order chi connectivity index (χ0) is 18.4. The highest BCUT2D eigenvalue weighted by Gasteiger charge is 2.04. The number of rotatable bonds is 7. The van der Waals surface area contributed by atoms with E-state index in [-0.39, 0.29) is 5.82 Å². The molecule has 0 aliphatic heterocycles. The molecule has 0 amide bonds. The maximum Gasteiger partial charge on any atom is 0.249 e. The van der Waals surface area contributed by atoms with Gasteiger partial charge in [0.05, 0.1) is 6.20 Å². The maximum atomic E-state index is 13.0. The number of anilines is 5. The van der Waals surface area contributed by atoms with Gasteiger partial charge in [-0.1, -0.05) is 0 Å². The van der Waals surface area contributed by atoms with Crippen molar-refractivity contribution in [1.29, 1.82) is 0 Å². The Balaban J connectivity index is 1.69. The van der Waals surface area contributed by atoms with E-state index in [9.17, 15) is 4.39 Å². The summed E-state index contributed by atoms with van der Waals surface area (Å²) in [7, 11) is 0. The summed E-state index contributed by atoms with van der Waals surface area (Å²) in [4.78, 5) is 6.65. The van der Waals surface area contributed by atoms with E-state index >= 15 is 0 Å². The summed E-state index contributed by atoms with van der Waals surface area (Å²) in [5.74, 6) is 0.611. The Morgan fingerprint density at radius 1 is 0.885 bits per heavy atom. The van der Waals surface area contributed by atoms with Crippen molar-refractivity contribution in [3.05, 3.63) is 60.5 Å². The summed E-state index contributed by atoms with van der Waals surface area (Å²) in [5.41, 5.74) is 2.78. The van der Waals surface area contributed by atoms with E-state index in [0.29, 0.717) is 17.5 Å². The van der Waals surface area contributed by atoms with E-state index in [1.807, 2.05) is 12.1 Å². The van der Waals surface area contributed by atoms with Crippen molar-refractivity contribution in [1.82, 2.24) is 15.2 Å². The van der Waals surface area contributed by atoms with Crippen LogP contribution in [0.3, 0.4) is 0 Å². The van der Waals surface area contributed by atoms with Gasteiger partial charge in [0.15, 0.2) is 5.82 Å². The highest BCUT2D eigenvalue weighted by atomic mass is 19.1. The van der Waals surface area contributed by atoms with E-state index in [4.69, 9.17) is 0 Å². The fraction of sp³-hybridized carbons (Fsp3) is 0.211. The molecule has 0 saturated heterocycles. The van der Waals surface area contributed by atoms with E-state index < -0.39 is 0 Å². The second-order valence-electron chi connectivity index (χ2n) is 5.64. The van der Waals surface area contributed by atoms with Crippen molar-refractivity contribution in [2.75, 3.05) is 28.6 Å². The van der Waals surface area contributed by atoms with Crippen molar-refractivity contribution in [2.24, 2.45) is 0 Å². The third-order valence-corrected chi connectivity index (χ3v) is 3.93. The minimum Gasteiger partial charge on any atom is -0.372 e. The first-order chi connectivity index (χ1) is 12.7. The number of aromatic nitrogens is 3. The average molecular weight is 352 g/mol. The van der Waals surface area contributed by atoms with Gasteiger partial charge in [-0.25, -0.2) is 4.39 Å². The summed E-state index contributed by atoms with van der Waals surface area (Å²) >= 11 is 0. The van der Waals surface area contributed by atoms with Gasteiger partial charge >= 0.3 is 0 Å². The predicted molar refractivity (Wildman–Crippen MR) is 103 cm³/mol. The van der Waals surface area contributed by atoms with E-state index in [2.05, 4.69) is 56.7 Å². The summed E-state index contributed by atoms with van der Waals surface area (Å²) < 4.78 is 13.0. The molecule has 0 saturated carbocycles. The topological polar surface area (TPSA) is 66.0 Å². The van der Waals surface area contributed by atoms with Gasteiger partial charge in [-0.3, -0.25) is 0 Å². The van der Waals surface area contributed by atoms with Crippen molar-refractivity contribution in [3.8, 4) is 0 Å². The van der Waals surface area contributed by atoms with Crippen LogP contribution in [-0.4, -0.2) is 28.3 Å². The third kappa shape index (κ3) is 4.44. The minimum atomic E-state index is -0.293. The lowest BCUT2D eigenvalue weighted by atomic mass is 10.2. The molecule has 1 heterocycles. The van der Waals surface area contributed by atoms with Gasteiger partial charge in [-0.05, 0) is 62.4 Å². The second-order valence-corrected chi connectivity index (χ2v) is 5.64. The molecule has 134 valence electrons. The molecule has 0 aliphatic rings. The molecular formula is C19H21FN6. The monoisotopic (exact) mass is 352 g/mol. The van der Waals surface area contributed by atoms with Crippen LogP contribution >= 0.6 is 0 Å². The summed E-state index contributed by atoms with van der Waals surface area (Å²) in [6.07, 6.45) is 1.55. The molecule has 0 atom stereocenters. The number of hydrogen-bond donors (Lipinski definition) is 2. The van der Waals surface area contributed by atoms with Gasteiger partial charge < -0.3 is 15.5 Å². The smallest absolute Gasteiger partial charge is 0.249 e. The van der Waals surface area contributed by atoms with Crippen LogP contribution < -0.4 is 15.5 Å². The lowest BCUT2D eigenvalue weighted by molar-refractivity contribution is 0.628. The van der Waals surface area contributed by atoms with Crippen LogP contribution in [0.15, 0.2) is 54.7 Å². The first-order valence-electron chi connectivity index (χ1n) is 8.52. The zero-order valence-electron chi connectivity index (χ0n) is 14.8. The molecule has 3 rings (SSSR count). The summed E-state index contributed by atoms with van der Waals surface area (Å²) in [6, 6.07) is 14.1. The molecular weight excluding hydrogens is 331 g/mol. The molecule has 0 radical (unpaired) electrons. The Hall–Kier alpha value is -3.22. The van der Waals surface area contributed by atoms with Crippen molar-refractivity contribution in [3.63, 3.8) is 0 Å². The fourth-order valence-electron chi connectivity index (χ4n) is 2.57. The number of nitrogens with zero attached hydrogens (tertiary/aromatic N) is 4. The van der Waals surface area contributed by atoms with Gasteiger partial charge in [0, 0.05) is 30.2 Å². The van der Waals surface area contributed by atoms with E-state index in [1.165, 1.54) is 17.8 Å². The van der Waals surface area contributed by atoms with Gasteiger partial charge in [0.2, 0.25) is 5.95 Å². The highest BCUT2D eigenvalue weighted by Crippen LogP contribution is 2.21. The van der Waals surface area contributed by atoms with Gasteiger partial charge in [-0.2, -0.15) is 10.1 Å². The van der Waals surface area contributed by atoms with Crippen LogP contribution in [0.4, 0.5) is 33.2 Å². The number of hydrogen-bond acceptors (Lipinski definition) is 6. The van der Waals surface area contributed by atoms with Crippen molar-refractivity contribution in [2.45, 2.75) is 13.8 Å². The van der Waals surface area contributed by atoms with Crippen LogP contribution in [0.2, 0.25) is 0 Å². The molecule has 0 aliphatic carbocycles. The third-order valence-electron chi connectivity index (χ3n) is 3.93. The standard InChI is InChI=1S/C19H21FN6/c1-3-26(4-2)17-11-9-15(10-12-17)22-18-13-21-25-19(24-18)23-16-7-5-14(20)6-8-16/h5-13H,3-4H2,1-2H3,(H2,22,23,24,25). The van der Waals surface area contributed by atoms with E-state index in [1.54, 1.807) is 18.3 Å². The molecule has 0 fully saturated rings. The van der Waals surface area contributed by atoms with Gasteiger partial charge in [-0.15, -0.1) is 5.10 Å². The first kappa shape index (κ1) is 17.6. The Bertz CT molecular complexity index is 831. The van der Waals surface area contributed by atoms with Crippen LogP contribution in [0.1, 0.15) is 13.8 Å². The largest absolute Gasteiger partial charge is 0.372 e. The SMILES string of the molecule is CCN(CC)c1ccc(Nc2cnnc(Nc3ccc(F)cc3)n2)cc1. The quantitative estimate of drug-likeness (QED) is 0.659. The van der Waals surface area contributed by atoms with Gasteiger partial charge in [0.25, 0.3) is 0 Å². The highest BCUT2D eigenvalue weighted by molar-refractivity contribution is 5.61. The predicted octanol–water partition coefficient (Wildman–Crippen LogP) is 4.34. The lowest BCUT2D eigenvalue weighted by Crippen LogP contribution is -2.21. The number of nitrogens with one attached hydrogen (secondary N) is 2. The van der Waals surface area contributed by atoms with Crippen molar-refractivity contribution >= 4 is 28.8 Å². The zero-order valence-corrected chi connectivity index (χ0v) is 14.8. The van der Waals surface area contributed by atoms with Crippen molar-refractivity contribution < 1.29 is 4.39 Å². The first-order valence-corrected chi connectivity index (χ1v) is 8.52. The Morgan fingerprint density at radius 3 is 2.15 bits per heavy atom. The number of benzene rings is 2. The molecule has 26 heavy (non-hydrogen) atoms. The maximum absolute atomic E-state index is 13.0.